The van der Waals surface area contributed by atoms with Crippen LogP contribution in [0.1, 0.15) is 69.5 Å². The van der Waals surface area contributed by atoms with E-state index >= 15 is 0 Å². The van der Waals surface area contributed by atoms with E-state index in [4.69, 9.17) is 0 Å². The van der Waals surface area contributed by atoms with Gasteiger partial charge in [0.2, 0.25) is 0 Å². The average Bonchev–Trinajstić information content (AvgIpc) is 4.20. The molecule has 359 valence electrons. The number of carboxylic acids is 1. The molecule has 70 heavy (non-hydrogen) atoms. The molecule has 1 amide bonds. The van der Waals surface area contributed by atoms with Gasteiger partial charge in [-0.25, -0.2) is 18.8 Å². The number of rotatable bonds is 10. The van der Waals surface area contributed by atoms with E-state index in [1.165, 1.54) is 18.9 Å². The van der Waals surface area contributed by atoms with Crippen LogP contribution in [0.25, 0.3) is 33.5 Å². The van der Waals surface area contributed by atoms with E-state index < -0.39 is 29.4 Å². The quantitative estimate of drug-likeness (QED) is 0.0913. The Morgan fingerprint density at radius 1 is 0.671 bits per heavy atom. The van der Waals surface area contributed by atoms with Gasteiger partial charge in [0.1, 0.15) is 22.8 Å². The average molecular weight is 958 g/mol. The Morgan fingerprint density at radius 3 is 1.76 bits per heavy atom. The summed E-state index contributed by atoms with van der Waals surface area (Å²) in [6, 6.07) is 38.1. The lowest BCUT2D eigenvalue weighted by Gasteiger charge is -2.25. The first-order chi connectivity index (χ1) is 33.2. The highest BCUT2D eigenvalue weighted by molar-refractivity contribution is 6.06. The number of likely N-dealkylation sites (tertiary alicyclic amines) is 1. The number of carbonyl (C=O) groups is 2. The summed E-state index contributed by atoms with van der Waals surface area (Å²) in [7, 11) is 0. The third-order valence-corrected chi connectivity index (χ3v) is 12.1. The second kappa shape index (κ2) is 22.3. The number of carboxylic acid groups (broad SMARTS) is 1. The molecular weight excluding hydrogens is 909 g/mol. The molecule has 2 saturated heterocycles. The summed E-state index contributed by atoms with van der Waals surface area (Å²) in [6.07, 6.45) is 1.59. The molecular formula is C52H48BF6N8O3. The molecule has 0 bridgehead atoms. The number of anilines is 1. The minimum absolute atomic E-state index is 0. The van der Waals surface area contributed by atoms with Crippen molar-refractivity contribution in [3.63, 3.8) is 0 Å². The van der Waals surface area contributed by atoms with E-state index in [0.717, 1.165) is 78.8 Å². The second-order valence-corrected chi connectivity index (χ2v) is 16.7. The van der Waals surface area contributed by atoms with Crippen LogP contribution in [0.5, 0.6) is 0 Å². The zero-order valence-electron chi connectivity index (χ0n) is 37.7. The van der Waals surface area contributed by atoms with Gasteiger partial charge in [0.25, 0.3) is 5.91 Å². The predicted octanol–water partition coefficient (Wildman–Crippen LogP) is 10.8. The van der Waals surface area contributed by atoms with Crippen molar-refractivity contribution < 1.29 is 41.0 Å². The Morgan fingerprint density at radius 2 is 1.23 bits per heavy atom. The summed E-state index contributed by atoms with van der Waals surface area (Å²) in [6.45, 7) is 2.06. The van der Waals surface area contributed by atoms with Gasteiger partial charge in [-0.3, -0.25) is 4.79 Å². The first kappa shape index (κ1) is 50.4. The van der Waals surface area contributed by atoms with Crippen LogP contribution in [0.4, 0.5) is 32.2 Å². The summed E-state index contributed by atoms with van der Waals surface area (Å²) < 4.78 is 78.7. The van der Waals surface area contributed by atoms with Gasteiger partial charge in [-0.15, -0.1) is 0 Å². The van der Waals surface area contributed by atoms with Crippen LogP contribution in [0.15, 0.2) is 152 Å². The number of hydrogen-bond donors (Lipinski definition) is 3. The molecule has 2 fully saturated rings. The van der Waals surface area contributed by atoms with E-state index in [1.807, 2.05) is 96.0 Å². The van der Waals surface area contributed by atoms with Crippen molar-refractivity contribution in [3.05, 3.63) is 180 Å². The zero-order valence-corrected chi connectivity index (χ0v) is 37.7. The summed E-state index contributed by atoms with van der Waals surface area (Å²) >= 11 is 0. The van der Waals surface area contributed by atoms with Gasteiger partial charge in [0.05, 0.1) is 27.7 Å². The predicted molar refractivity (Wildman–Crippen MR) is 257 cm³/mol. The van der Waals surface area contributed by atoms with Crippen molar-refractivity contribution in [2.45, 2.75) is 63.0 Å². The van der Waals surface area contributed by atoms with Crippen LogP contribution < -0.4 is 10.6 Å². The molecule has 10 rings (SSSR count). The highest BCUT2D eigenvalue weighted by Crippen LogP contribution is 2.33. The van der Waals surface area contributed by atoms with E-state index in [2.05, 4.69) is 25.8 Å². The molecule has 5 aromatic heterocycles. The molecule has 3 aromatic carbocycles. The van der Waals surface area contributed by atoms with E-state index in [-0.39, 0.29) is 25.9 Å². The van der Waals surface area contributed by atoms with Crippen LogP contribution in [-0.4, -0.2) is 86.2 Å². The number of aryl methyl sites for hydroxylation is 1. The number of nitrogens with one attached hydrogen (secondary N) is 2. The molecule has 8 aromatic rings. The molecule has 2 atom stereocenters. The molecule has 0 saturated carbocycles. The molecule has 7 heterocycles. The molecule has 2 aliphatic rings. The summed E-state index contributed by atoms with van der Waals surface area (Å²) in [5.41, 5.74) is 4.51. The Balaban J connectivity index is 0.000000169. The Bertz CT molecular complexity index is 2980. The van der Waals surface area contributed by atoms with Crippen molar-refractivity contribution in [1.29, 1.82) is 0 Å². The fraction of sp³-hybridized carbons (Fsp3) is 0.250. The van der Waals surface area contributed by atoms with Gasteiger partial charge in [-0.2, -0.15) is 36.5 Å². The standard InChI is InChI=1S/C25H22F3N5O.C14H10N2O2.C13H16F3N.B/c26-25(27,28)18-11-12-21(29-15-18)30-16-19-9-6-13-32(19)24(34)22-20-10-4-5-14-33(20)31-23(22)17-7-2-1-3-8-17;17-14(18)12-11-8-4-5-9-16(11)15-13(12)10-6-2-1-3-7-10;14-13(15,16)11-6-3-10(4-7-11)5-8-12-2-1-9-17-12;/h1-5,7-8,10-12,14-15,19H,6,9,13,16H2,(H,29,30);1-9H,(H,17,18);3-4,6-7,12,17H,1-2,5,8-9H2;/t19-;;12-;/m0.0./s1. The number of nitrogens with zero attached hydrogens (tertiary/aromatic N) is 6. The molecule has 0 aliphatic carbocycles. The lowest BCUT2D eigenvalue weighted by atomic mass is 10.0. The number of amides is 1. The van der Waals surface area contributed by atoms with Gasteiger partial charge in [0.15, 0.2) is 0 Å². The molecule has 0 unspecified atom stereocenters. The van der Waals surface area contributed by atoms with Gasteiger partial charge in [-0.05, 0) is 99.2 Å². The summed E-state index contributed by atoms with van der Waals surface area (Å²) in [5.74, 6) is -0.729. The molecule has 3 radical (unpaired) electrons. The fourth-order valence-corrected chi connectivity index (χ4v) is 8.57. The maximum Gasteiger partial charge on any atom is 0.417 e. The van der Waals surface area contributed by atoms with Crippen molar-refractivity contribution >= 4 is 37.1 Å². The minimum Gasteiger partial charge on any atom is -0.478 e. The third-order valence-electron chi connectivity index (χ3n) is 12.1. The van der Waals surface area contributed by atoms with E-state index in [0.29, 0.717) is 47.4 Å². The lowest BCUT2D eigenvalue weighted by Crippen LogP contribution is -2.39. The molecule has 18 heteroatoms. The number of aromatic carboxylic acids is 1. The number of alkyl halides is 6. The molecule has 2 aliphatic heterocycles. The van der Waals surface area contributed by atoms with Gasteiger partial charge in [-0.1, -0.05) is 84.9 Å². The normalized spacial score (nSPS) is 15.7. The first-order valence-corrected chi connectivity index (χ1v) is 22.5. The molecule has 11 nitrogen and oxygen atoms in total. The van der Waals surface area contributed by atoms with Crippen molar-refractivity contribution in [2.75, 3.05) is 25.0 Å². The number of aromatic nitrogens is 5. The lowest BCUT2D eigenvalue weighted by molar-refractivity contribution is -0.138. The van der Waals surface area contributed by atoms with Gasteiger partial charge >= 0.3 is 18.3 Å². The Hall–Kier alpha value is -7.47. The summed E-state index contributed by atoms with van der Waals surface area (Å²) in [5, 5.41) is 24.8. The van der Waals surface area contributed by atoms with Crippen molar-refractivity contribution in [2.24, 2.45) is 0 Å². The number of benzene rings is 3. The number of fused-ring (bicyclic) bond motifs is 2. The second-order valence-electron chi connectivity index (χ2n) is 16.7. The number of halogens is 6. The Labute approximate surface area is 401 Å². The minimum atomic E-state index is -4.43. The fourth-order valence-electron chi connectivity index (χ4n) is 8.57. The number of pyridine rings is 3. The smallest absolute Gasteiger partial charge is 0.417 e. The third kappa shape index (κ3) is 12.0. The SMILES string of the molecule is FC(F)(F)c1ccc(CC[C@@H]2CCCN2)cc1.O=C(O)c1c(-c2ccccc2)nn2ccccc12.O=C(c1c(-c2ccccc2)nn2ccccc12)N1CCC[C@H]1CNc1ccc(C(F)(F)F)cn1.[B]. The van der Waals surface area contributed by atoms with Gasteiger partial charge < -0.3 is 20.6 Å². The van der Waals surface area contributed by atoms with E-state index in [1.54, 1.807) is 39.5 Å². The molecule has 3 N–H and O–H groups in total. The van der Waals surface area contributed by atoms with Crippen molar-refractivity contribution in [3.8, 4) is 22.5 Å². The van der Waals surface area contributed by atoms with Crippen LogP contribution in [0, 0.1) is 0 Å². The highest BCUT2D eigenvalue weighted by Gasteiger charge is 2.34. The maximum absolute atomic E-state index is 13.8. The largest absolute Gasteiger partial charge is 0.478 e. The molecule has 0 spiro atoms. The number of hydrogen-bond acceptors (Lipinski definition) is 7. The van der Waals surface area contributed by atoms with Crippen LogP contribution in [0.2, 0.25) is 0 Å². The summed E-state index contributed by atoms with van der Waals surface area (Å²) in [4.78, 5) is 30.9. The highest BCUT2D eigenvalue weighted by atomic mass is 19.4. The van der Waals surface area contributed by atoms with Crippen LogP contribution in [-0.2, 0) is 18.8 Å². The van der Waals surface area contributed by atoms with Crippen molar-refractivity contribution in [1.82, 2.24) is 34.4 Å². The van der Waals surface area contributed by atoms with Crippen LogP contribution in [0.3, 0.4) is 0 Å². The van der Waals surface area contributed by atoms with Crippen LogP contribution >= 0.6 is 0 Å². The monoisotopic (exact) mass is 957 g/mol. The number of carbonyl (C=O) groups excluding carboxylic acids is 1. The Kier molecular flexibility index (Phi) is 16.1. The maximum atomic E-state index is 13.8. The van der Waals surface area contributed by atoms with E-state index in [9.17, 15) is 41.0 Å². The topological polar surface area (TPSA) is 129 Å². The van der Waals surface area contributed by atoms with Gasteiger partial charge in [0, 0.05) is 63.3 Å². The zero-order chi connectivity index (χ0) is 48.5. The first-order valence-electron chi connectivity index (χ1n) is 22.5.